The summed E-state index contributed by atoms with van der Waals surface area (Å²) >= 11 is 0. The molecule has 1 saturated heterocycles. The molecule has 16 heavy (non-hydrogen) atoms. The molecule has 0 bridgehead atoms. The van der Waals surface area contributed by atoms with Crippen LogP contribution in [0.5, 0.6) is 0 Å². The fourth-order valence-corrected chi connectivity index (χ4v) is 3.51. The predicted octanol–water partition coefficient (Wildman–Crippen LogP) is 1.21. The highest BCUT2D eigenvalue weighted by atomic mass is 32.2. The number of carboxylic acids is 1. The molecule has 86 valence electrons. The third kappa shape index (κ3) is 1.43. The molecule has 5 heteroatoms. The molecule has 0 aromatic carbocycles. The zero-order valence-corrected chi connectivity index (χ0v) is 9.90. The Kier molecular flexibility index (Phi) is 2.50. The van der Waals surface area contributed by atoms with Crippen LogP contribution in [0.3, 0.4) is 0 Å². The monoisotopic (exact) mass is 239 g/mol. The van der Waals surface area contributed by atoms with Crippen molar-refractivity contribution in [3.05, 3.63) is 35.5 Å². The molecular formula is C11H13NO3S. The van der Waals surface area contributed by atoms with Crippen molar-refractivity contribution < 1.29 is 14.1 Å². The van der Waals surface area contributed by atoms with E-state index in [1.165, 1.54) is 0 Å². The van der Waals surface area contributed by atoms with Crippen LogP contribution in [0, 0.1) is 0 Å². The van der Waals surface area contributed by atoms with Crippen LogP contribution in [0.15, 0.2) is 35.5 Å². The summed E-state index contributed by atoms with van der Waals surface area (Å²) in [5, 5.41) is 9.80. The van der Waals surface area contributed by atoms with Crippen molar-refractivity contribution in [1.82, 2.24) is 4.90 Å². The maximum absolute atomic E-state index is 12.2. The topological polar surface area (TPSA) is 57.6 Å². The molecule has 0 radical (unpaired) electrons. The van der Waals surface area contributed by atoms with Gasteiger partial charge in [-0.15, -0.1) is 0 Å². The van der Waals surface area contributed by atoms with Crippen LogP contribution in [0.2, 0.25) is 0 Å². The number of fused-ring (bicyclic) bond motifs is 1. The van der Waals surface area contributed by atoms with Gasteiger partial charge >= 0.3 is 5.97 Å². The molecule has 4 nitrogen and oxygen atoms in total. The number of allylic oxidation sites excluding steroid dienone is 4. The van der Waals surface area contributed by atoms with Crippen LogP contribution in [0.25, 0.3) is 0 Å². The maximum Gasteiger partial charge on any atom is 0.328 e. The molecule has 0 aromatic heterocycles. The molecule has 2 rings (SSSR count). The molecule has 2 aliphatic heterocycles. The van der Waals surface area contributed by atoms with E-state index in [4.69, 9.17) is 0 Å². The van der Waals surface area contributed by atoms with Gasteiger partial charge in [0.1, 0.15) is 11.1 Å². The first-order valence-corrected chi connectivity index (χ1v) is 6.09. The molecule has 2 aliphatic rings. The largest absolute Gasteiger partial charge is 0.480 e. The van der Waals surface area contributed by atoms with Crippen LogP contribution in [0.1, 0.15) is 13.8 Å². The molecular weight excluding hydrogens is 226 g/mol. The van der Waals surface area contributed by atoms with E-state index in [1.54, 1.807) is 49.3 Å². The second kappa shape index (κ2) is 3.59. The lowest BCUT2D eigenvalue weighted by Crippen LogP contribution is -2.45. The Hall–Kier alpha value is -1.36. The minimum absolute atomic E-state index is 0.558. The van der Waals surface area contributed by atoms with Crippen molar-refractivity contribution in [3.8, 4) is 0 Å². The lowest BCUT2D eigenvalue weighted by atomic mass is 10.0. The minimum atomic E-state index is -1.31. The van der Waals surface area contributed by atoms with E-state index >= 15 is 0 Å². The van der Waals surface area contributed by atoms with Crippen LogP contribution in [-0.4, -0.2) is 31.0 Å². The third-order valence-corrected chi connectivity index (χ3v) is 4.71. The summed E-state index contributed by atoms with van der Waals surface area (Å²) in [6.07, 6.45) is 8.68. The van der Waals surface area contributed by atoms with E-state index in [2.05, 4.69) is 0 Å². The first-order chi connectivity index (χ1) is 7.46. The zero-order valence-electron chi connectivity index (χ0n) is 9.08. The Morgan fingerprint density at radius 3 is 2.75 bits per heavy atom. The summed E-state index contributed by atoms with van der Waals surface area (Å²) in [5.74, 6) is -0.951. The van der Waals surface area contributed by atoms with Crippen molar-refractivity contribution in [2.75, 3.05) is 0 Å². The van der Waals surface area contributed by atoms with Gasteiger partial charge in [-0.2, -0.15) is 0 Å². The van der Waals surface area contributed by atoms with Gasteiger partial charge in [0.2, 0.25) is 0 Å². The van der Waals surface area contributed by atoms with Gasteiger partial charge in [0.15, 0.2) is 0 Å². The molecule has 2 unspecified atom stereocenters. The number of hydrogen-bond acceptors (Lipinski definition) is 3. The van der Waals surface area contributed by atoms with Gasteiger partial charge in [0.05, 0.1) is 15.5 Å². The highest BCUT2D eigenvalue weighted by molar-refractivity contribution is 7.90. The Bertz CT molecular complexity index is 448. The smallest absolute Gasteiger partial charge is 0.328 e. The number of nitrogens with zero attached hydrogens (tertiary/aromatic N) is 1. The molecule has 0 aliphatic carbocycles. The van der Waals surface area contributed by atoms with E-state index in [-0.39, 0.29) is 0 Å². The van der Waals surface area contributed by atoms with Crippen LogP contribution < -0.4 is 0 Å². The fraction of sp³-hybridized carbons (Fsp3) is 0.364. The van der Waals surface area contributed by atoms with Crippen molar-refractivity contribution >= 4 is 16.8 Å². The van der Waals surface area contributed by atoms with E-state index in [9.17, 15) is 14.1 Å². The van der Waals surface area contributed by atoms with Gasteiger partial charge in [-0.3, -0.25) is 4.21 Å². The standard InChI is InChI=1S/C11H13NO3S/c1-11(2)9(10(13)14)12-7-5-3-4-6-8(12)16(11)15/h3-7,9H,1-2H3,(H,13,14). The van der Waals surface area contributed by atoms with Gasteiger partial charge < -0.3 is 10.0 Å². The molecule has 0 saturated carbocycles. The minimum Gasteiger partial charge on any atom is -0.480 e. The molecule has 0 aromatic rings. The number of aliphatic carboxylic acids is 1. The summed E-state index contributed by atoms with van der Waals surface area (Å²) in [7, 11) is -1.31. The Morgan fingerprint density at radius 1 is 1.44 bits per heavy atom. The molecule has 0 spiro atoms. The average molecular weight is 239 g/mol. The first-order valence-electron chi connectivity index (χ1n) is 4.94. The number of carboxylic acid groups (broad SMARTS) is 1. The van der Waals surface area contributed by atoms with Gasteiger partial charge in [-0.1, -0.05) is 12.2 Å². The second-order valence-corrected chi connectivity index (χ2v) is 6.26. The van der Waals surface area contributed by atoms with Crippen molar-refractivity contribution in [2.45, 2.75) is 24.6 Å². The fourth-order valence-electron chi connectivity index (χ4n) is 2.00. The quantitative estimate of drug-likeness (QED) is 0.747. The predicted molar refractivity (Wildman–Crippen MR) is 61.8 cm³/mol. The Morgan fingerprint density at radius 2 is 2.12 bits per heavy atom. The Labute approximate surface area is 96.4 Å². The highest BCUT2D eigenvalue weighted by Gasteiger charge is 2.52. The SMILES string of the molecule is CC1(C)C(C(=O)O)N2C=CC=CC=C2S1=O. The highest BCUT2D eigenvalue weighted by Crippen LogP contribution is 2.39. The van der Waals surface area contributed by atoms with Crippen LogP contribution in [0.4, 0.5) is 0 Å². The van der Waals surface area contributed by atoms with Crippen LogP contribution in [-0.2, 0) is 15.6 Å². The molecule has 1 N–H and O–H groups in total. The summed E-state index contributed by atoms with van der Waals surface area (Å²) in [6.45, 7) is 3.43. The van der Waals surface area contributed by atoms with Crippen LogP contribution >= 0.6 is 0 Å². The van der Waals surface area contributed by atoms with Crippen molar-refractivity contribution in [3.63, 3.8) is 0 Å². The number of rotatable bonds is 1. The second-order valence-electron chi connectivity index (χ2n) is 4.25. The van der Waals surface area contributed by atoms with Crippen molar-refractivity contribution in [2.24, 2.45) is 0 Å². The maximum atomic E-state index is 12.2. The summed E-state index contributed by atoms with van der Waals surface area (Å²) in [5.41, 5.74) is 0. The van der Waals surface area contributed by atoms with E-state index in [0.717, 1.165) is 0 Å². The number of hydrogen-bond donors (Lipinski definition) is 1. The van der Waals surface area contributed by atoms with Crippen molar-refractivity contribution in [1.29, 1.82) is 0 Å². The summed E-state index contributed by atoms with van der Waals surface area (Å²) < 4.78 is 11.4. The lowest BCUT2D eigenvalue weighted by molar-refractivity contribution is -0.142. The average Bonchev–Trinajstić information content (AvgIpc) is 2.39. The molecule has 2 heterocycles. The first kappa shape index (κ1) is 11.1. The van der Waals surface area contributed by atoms with E-state index in [0.29, 0.717) is 5.03 Å². The summed E-state index contributed by atoms with van der Waals surface area (Å²) in [4.78, 5) is 12.9. The summed E-state index contributed by atoms with van der Waals surface area (Å²) in [6, 6.07) is -0.782. The molecule has 1 fully saturated rings. The molecule has 0 amide bonds. The number of carbonyl (C=O) groups is 1. The normalized spacial score (nSPS) is 30.9. The zero-order chi connectivity index (χ0) is 11.9. The van der Waals surface area contributed by atoms with Gasteiger partial charge in [-0.25, -0.2) is 4.79 Å². The van der Waals surface area contributed by atoms with E-state index < -0.39 is 27.6 Å². The van der Waals surface area contributed by atoms with Gasteiger partial charge in [0, 0.05) is 6.20 Å². The van der Waals surface area contributed by atoms with Gasteiger partial charge in [0.25, 0.3) is 0 Å². The lowest BCUT2D eigenvalue weighted by Gasteiger charge is -2.25. The third-order valence-electron chi connectivity index (χ3n) is 2.80. The molecule has 2 atom stereocenters. The van der Waals surface area contributed by atoms with Gasteiger partial charge in [-0.05, 0) is 26.0 Å². The Balaban J connectivity index is 2.56. The van der Waals surface area contributed by atoms with E-state index in [1.807, 2.05) is 0 Å².